The highest BCUT2D eigenvalue weighted by Crippen LogP contribution is 2.42. The van der Waals surface area contributed by atoms with Crippen LogP contribution in [0.2, 0.25) is 0 Å². The van der Waals surface area contributed by atoms with E-state index in [1.165, 1.54) is 11.8 Å². The third-order valence-electron chi connectivity index (χ3n) is 3.58. The topological polar surface area (TPSA) is 69.4 Å². The Bertz CT molecular complexity index is 592. The largest absolute Gasteiger partial charge is 0.472 e. The predicted octanol–water partition coefficient (Wildman–Crippen LogP) is 1.06. The molecule has 1 unspecified atom stereocenters. The summed E-state index contributed by atoms with van der Waals surface area (Å²) in [7, 11) is -3.18. The van der Waals surface area contributed by atoms with Crippen molar-refractivity contribution in [3.8, 4) is 5.75 Å². The number of hydrogen-bond donors (Lipinski definition) is 1. The molecule has 2 N–H and O–H groups in total. The van der Waals surface area contributed by atoms with Gasteiger partial charge < -0.3 is 10.5 Å². The number of nitrogens with two attached hydrogens (primary N) is 1. The summed E-state index contributed by atoms with van der Waals surface area (Å²) < 4.78 is 28.5. The predicted molar refractivity (Wildman–Crippen MR) is 65.8 cm³/mol. The molecule has 4 nitrogen and oxygen atoms in total. The van der Waals surface area contributed by atoms with Gasteiger partial charge in [-0.2, -0.15) is 0 Å². The van der Waals surface area contributed by atoms with Crippen LogP contribution in [-0.4, -0.2) is 20.1 Å². The van der Waals surface area contributed by atoms with Crippen LogP contribution in [0.15, 0.2) is 6.07 Å². The van der Waals surface area contributed by atoms with E-state index < -0.39 is 15.3 Å². The average molecular weight is 253 g/mol. The lowest BCUT2D eigenvalue weighted by molar-refractivity contribution is 0.308. The summed E-state index contributed by atoms with van der Waals surface area (Å²) in [6, 6.07) is 2.07. The van der Waals surface area contributed by atoms with Gasteiger partial charge >= 0.3 is 0 Å². The number of aryl methyl sites for hydroxylation is 1. The van der Waals surface area contributed by atoms with Crippen LogP contribution in [0.5, 0.6) is 5.75 Å². The molecule has 1 aromatic carbocycles. The molecule has 1 aromatic rings. The zero-order valence-corrected chi connectivity index (χ0v) is 10.5. The van der Waals surface area contributed by atoms with Crippen molar-refractivity contribution in [1.29, 1.82) is 0 Å². The van der Waals surface area contributed by atoms with Crippen LogP contribution < -0.4 is 10.5 Å². The van der Waals surface area contributed by atoms with Crippen molar-refractivity contribution in [3.05, 3.63) is 22.8 Å². The van der Waals surface area contributed by atoms with Crippen molar-refractivity contribution in [2.75, 3.05) is 12.0 Å². The van der Waals surface area contributed by atoms with Crippen molar-refractivity contribution in [2.45, 2.75) is 31.1 Å². The Morgan fingerprint density at radius 3 is 2.82 bits per heavy atom. The maximum absolute atomic E-state index is 11.5. The Morgan fingerprint density at radius 2 is 2.12 bits per heavy atom. The molecule has 3 rings (SSSR count). The average Bonchev–Trinajstić information content (AvgIpc) is 2.82. The van der Waals surface area contributed by atoms with Crippen molar-refractivity contribution < 1.29 is 13.2 Å². The Balaban J connectivity index is 2.08. The summed E-state index contributed by atoms with van der Waals surface area (Å²) >= 11 is 0. The number of anilines is 1. The zero-order valence-electron chi connectivity index (χ0n) is 9.69. The van der Waals surface area contributed by atoms with Gasteiger partial charge in [0.15, 0.2) is 9.84 Å². The minimum Gasteiger partial charge on any atom is -0.472 e. The van der Waals surface area contributed by atoms with E-state index >= 15 is 0 Å². The van der Waals surface area contributed by atoms with Gasteiger partial charge in [-0.25, -0.2) is 8.42 Å². The van der Waals surface area contributed by atoms with Crippen LogP contribution in [-0.2, 0) is 29.1 Å². The number of fused-ring (bicyclic) bond motifs is 2. The van der Waals surface area contributed by atoms with Gasteiger partial charge in [-0.05, 0) is 30.4 Å². The van der Waals surface area contributed by atoms with E-state index in [2.05, 4.69) is 6.07 Å². The number of ether oxygens (including phenoxy) is 1. The number of benzene rings is 1. The van der Waals surface area contributed by atoms with E-state index in [0.717, 1.165) is 30.4 Å². The second-order valence-corrected chi connectivity index (χ2v) is 7.04. The molecule has 0 spiro atoms. The number of hydrogen-bond acceptors (Lipinski definition) is 4. The quantitative estimate of drug-likeness (QED) is 0.760. The normalized spacial score (nSPS) is 22.1. The summed E-state index contributed by atoms with van der Waals surface area (Å²) in [6.45, 7) is 0. The van der Waals surface area contributed by atoms with Crippen molar-refractivity contribution in [1.82, 2.24) is 0 Å². The van der Waals surface area contributed by atoms with Crippen LogP contribution in [0.3, 0.4) is 0 Å². The first-order valence-electron chi connectivity index (χ1n) is 5.75. The van der Waals surface area contributed by atoms with Crippen molar-refractivity contribution >= 4 is 15.5 Å². The molecule has 1 atom stereocenters. The van der Waals surface area contributed by atoms with Gasteiger partial charge in [0.25, 0.3) is 0 Å². The Kier molecular flexibility index (Phi) is 2.17. The monoisotopic (exact) mass is 253 g/mol. The number of nitrogen functional groups attached to an aromatic ring is 1. The fourth-order valence-corrected chi connectivity index (χ4v) is 3.46. The van der Waals surface area contributed by atoms with Crippen LogP contribution in [0, 0.1) is 0 Å². The lowest BCUT2D eigenvalue weighted by Gasteiger charge is -2.11. The molecule has 17 heavy (non-hydrogen) atoms. The van der Waals surface area contributed by atoms with E-state index in [0.29, 0.717) is 17.9 Å². The second kappa shape index (κ2) is 3.38. The molecule has 0 radical (unpaired) electrons. The van der Waals surface area contributed by atoms with Crippen LogP contribution >= 0.6 is 0 Å². The van der Waals surface area contributed by atoms with Crippen LogP contribution in [0.4, 0.5) is 5.69 Å². The van der Waals surface area contributed by atoms with Crippen molar-refractivity contribution in [2.24, 2.45) is 0 Å². The SMILES string of the molecule is CS(=O)(=O)C1Cc2cc3c(c(N)c2O1)CCC3. The molecule has 92 valence electrons. The minimum absolute atomic E-state index is 0.422. The van der Waals surface area contributed by atoms with Crippen LogP contribution in [0.1, 0.15) is 23.1 Å². The van der Waals surface area contributed by atoms with Gasteiger partial charge in [-0.1, -0.05) is 6.07 Å². The van der Waals surface area contributed by atoms with Gasteiger partial charge in [-0.15, -0.1) is 0 Å². The second-order valence-electron chi connectivity index (χ2n) is 4.85. The van der Waals surface area contributed by atoms with E-state index in [9.17, 15) is 8.42 Å². The summed E-state index contributed by atoms with van der Waals surface area (Å²) in [5.74, 6) is 0.598. The molecule has 1 heterocycles. The zero-order chi connectivity index (χ0) is 12.2. The summed E-state index contributed by atoms with van der Waals surface area (Å²) in [4.78, 5) is 0. The fourth-order valence-electron chi connectivity index (χ4n) is 2.70. The minimum atomic E-state index is -3.18. The molecule has 1 aliphatic heterocycles. The van der Waals surface area contributed by atoms with Gasteiger partial charge in [0.2, 0.25) is 5.44 Å². The Morgan fingerprint density at radius 1 is 1.35 bits per heavy atom. The van der Waals surface area contributed by atoms with Crippen molar-refractivity contribution in [3.63, 3.8) is 0 Å². The van der Waals surface area contributed by atoms with E-state index in [-0.39, 0.29) is 0 Å². The molecule has 0 bridgehead atoms. The Labute approximate surface area is 101 Å². The molecule has 0 saturated carbocycles. The number of sulfone groups is 1. The highest BCUT2D eigenvalue weighted by molar-refractivity contribution is 7.91. The number of rotatable bonds is 1. The summed E-state index contributed by atoms with van der Waals surface area (Å²) in [5.41, 5.74) is 9.32. The van der Waals surface area contributed by atoms with Gasteiger partial charge in [-0.3, -0.25) is 0 Å². The Hall–Kier alpha value is -1.23. The summed E-state index contributed by atoms with van der Waals surface area (Å²) in [5, 5.41) is 0. The van der Waals surface area contributed by atoms with Crippen LogP contribution in [0.25, 0.3) is 0 Å². The lowest BCUT2D eigenvalue weighted by Crippen LogP contribution is -2.24. The van der Waals surface area contributed by atoms with E-state index in [1.807, 2.05) is 0 Å². The van der Waals surface area contributed by atoms with Gasteiger partial charge in [0.1, 0.15) is 5.75 Å². The molecular formula is C12H15NO3S. The molecule has 0 amide bonds. The first-order chi connectivity index (χ1) is 7.97. The molecule has 2 aliphatic rings. The molecule has 0 aromatic heterocycles. The molecule has 0 saturated heterocycles. The fraction of sp³-hybridized carbons (Fsp3) is 0.500. The first-order valence-corrected chi connectivity index (χ1v) is 7.71. The molecule has 5 heteroatoms. The van der Waals surface area contributed by atoms with E-state index in [4.69, 9.17) is 10.5 Å². The third kappa shape index (κ3) is 1.60. The standard InChI is InChI=1S/C12H15NO3S/c1-17(14,15)10-6-8-5-7-3-2-4-9(7)11(13)12(8)16-10/h5,10H,2-4,6,13H2,1H3. The lowest BCUT2D eigenvalue weighted by atomic mass is 10.0. The van der Waals surface area contributed by atoms with Gasteiger partial charge in [0, 0.05) is 18.2 Å². The first kappa shape index (κ1) is 10.9. The molecular weight excluding hydrogens is 238 g/mol. The third-order valence-corrected chi connectivity index (χ3v) is 4.80. The smallest absolute Gasteiger partial charge is 0.203 e. The molecule has 1 aliphatic carbocycles. The maximum atomic E-state index is 11.5. The molecule has 0 fully saturated rings. The maximum Gasteiger partial charge on any atom is 0.203 e. The highest BCUT2D eigenvalue weighted by Gasteiger charge is 2.34. The van der Waals surface area contributed by atoms with E-state index in [1.54, 1.807) is 0 Å². The highest BCUT2D eigenvalue weighted by atomic mass is 32.2. The van der Waals surface area contributed by atoms with Gasteiger partial charge in [0.05, 0.1) is 5.69 Å². The summed E-state index contributed by atoms with van der Waals surface area (Å²) in [6.07, 6.45) is 4.76.